The van der Waals surface area contributed by atoms with Crippen molar-refractivity contribution >= 4 is 15.7 Å². The third-order valence-electron chi connectivity index (χ3n) is 3.53. The summed E-state index contributed by atoms with van der Waals surface area (Å²) < 4.78 is 38.4. The summed E-state index contributed by atoms with van der Waals surface area (Å²) in [6, 6.07) is 13.5. The molecule has 7 nitrogen and oxygen atoms in total. The summed E-state index contributed by atoms with van der Waals surface area (Å²) in [5, 5.41) is 3.75. The number of nitrogens with zero attached hydrogens (tertiary/aromatic N) is 2. The number of aromatic nitrogens is 2. The van der Waals surface area contributed by atoms with Gasteiger partial charge in [0, 0.05) is 0 Å². The van der Waals surface area contributed by atoms with Crippen LogP contribution in [-0.2, 0) is 16.4 Å². The Morgan fingerprint density at radius 1 is 1.12 bits per heavy atom. The number of sulfonamides is 1. The average Bonchev–Trinajstić information content (AvgIpc) is 3.01. The van der Waals surface area contributed by atoms with Gasteiger partial charge in [0.1, 0.15) is 10.6 Å². The molecule has 0 saturated heterocycles. The predicted molar refractivity (Wildman–Crippen MR) is 92.1 cm³/mol. The Kier molecular flexibility index (Phi) is 4.71. The van der Waals surface area contributed by atoms with Gasteiger partial charge in [0.15, 0.2) is 5.82 Å². The van der Waals surface area contributed by atoms with Crippen LogP contribution < -0.4 is 9.46 Å². The van der Waals surface area contributed by atoms with E-state index in [1.165, 1.54) is 13.2 Å². The SMILES string of the molecule is COc1ccccc1S(=O)(=O)Nc1ccccc1Cc1nc(C)no1. The summed E-state index contributed by atoms with van der Waals surface area (Å²) >= 11 is 0. The van der Waals surface area contributed by atoms with Gasteiger partial charge in [-0.1, -0.05) is 35.5 Å². The van der Waals surface area contributed by atoms with Crippen LogP contribution in [-0.4, -0.2) is 25.7 Å². The van der Waals surface area contributed by atoms with Crippen LogP contribution in [0.2, 0.25) is 0 Å². The molecule has 0 saturated carbocycles. The van der Waals surface area contributed by atoms with E-state index in [2.05, 4.69) is 14.9 Å². The van der Waals surface area contributed by atoms with E-state index in [4.69, 9.17) is 9.26 Å². The predicted octanol–water partition coefficient (Wildman–Crippen LogP) is 2.78. The van der Waals surface area contributed by atoms with Gasteiger partial charge in [0.05, 0.1) is 19.2 Å². The van der Waals surface area contributed by atoms with Crippen LogP contribution in [0, 0.1) is 6.92 Å². The van der Waals surface area contributed by atoms with Gasteiger partial charge in [-0.05, 0) is 30.7 Å². The number of hydrogen-bond donors (Lipinski definition) is 1. The summed E-state index contributed by atoms with van der Waals surface area (Å²) in [5.74, 6) is 1.23. The smallest absolute Gasteiger partial charge is 0.265 e. The van der Waals surface area contributed by atoms with Crippen LogP contribution in [0.5, 0.6) is 5.75 Å². The second kappa shape index (κ2) is 6.94. The summed E-state index contributed by atoms with van der Waals surface area (Å²) in [6.45, 7) is 1.73. The van der Waals surface area contributed by atoms with Crippen molar-refractivity contribution < 1.29 is 17.7 Å². The Labute approximate surface area is 145 Å². The highest BCUT2D eigenvalue weighted by Crippen LogP contribution is 2.27. The van der Waals surface area contributed by atoms with Gasteiger partial charge in [-0.15, -0.1) is 0 Å². The molecule has 0 radical (unpaired) electrons. The maximum Gasteiger partial charge on any atom is 0.265 e. The molecule has 3 aromatic rings. The van der Waals surface area contributed by atoms with Gasteiger partial charge in [-0.2, -0.15) is 4.98 Å². The highest BCUT2D eigenvalue weighted by molar-refractivity contribution is 7.92. The Bertz CT molecular complexity index is 983. The molecule has 0 unspecified atom stereocenters. The average molecular weight is 359 g/mol. The normalized spacial score (nSPS) is 11.3. The fourth-order valence-corrected chi connectivity index (χ4v) is 3.66. The van der Waals surface area contributed by atoms with Crippen molar-refractivity contribution in [2.45, 2.75) is 18.2 Å². The zero-order valence-electron chi connectivity index (χ0n) is 13.8. The minimum absolute atomic E-state index is 0.0703. The van der Waals surface area contributed by atoms with E-state index in [0.29, 0.717) is 23.8 Å². The molecular formula is C17H17N3O4S. The Morgan fingerprint density at radius 3 is 2.56 bits per heavy atom. The molecule has 1 aromatic heterocycles. The maximum atomic E-state index is 12.7. The van der Waals surface area contributed by atoms with Crippen LogP contribution in [0.3, 0.4) is 0 Å². The molecule has 0 atom stereocenters. The number of aryl methyl sites for hydroxylation is 1. The van der Waals surface area contributed by atoms with Crippen molar-refractivity contribution in [1.82, 2.24) is 10.1 Å². The molecule has 0 aliphatic carbocycles. The third kappa shape index (κ3) is 3.80. The maximum absolute atomic E-state index is 12.7. The Hall–Kier alpha value is -2.87. The first kappa shape index (κ1) is 17.0. The lowest BCUT2D eigenvalue weighted by Gasteiger charge is -2.13. The lowest BCUT2D eigenvalue weighted by Crippen LogP contribution is -2.15. The number of benzene rings is 2. The minimum Gasteiger partial charge on any atom is -0.495 e. The van der Waals surface area contributed by atoms with Gasteiger partial charge >= 0.3 is 0 Å². The summed E-state index contributed by atoms with van der Waals surface area (Å²) in [4.78, 5) is 4.22. The first-order valence-corrected chi connectivity index (χ1v) is 9.01. The summed E-state index contributed by atoms with van der Waals surface area (Å²) in [6.07, 6.45) is 0.325. The molecule has 8 heteroatoms. The van der Waals surface area contributed by atoms with E-state index in [1.807, 2.05) is 6.07 Å². The number of methoxy groups -OCH3 is 1. The fourth-order valence-electron chi connectivity index (χ4n) is 2.39. The quantitative estimate of drug-likeness (QED) is 0.727. The highest BCUT2D eigenvalue weighted by atomic mass is 32.2. The van der Waals surface area contributed by atoms with Crippen molar-refractivity contribution in [3.05, 3.63) is 65.8 Å². The number of rotatable bonds is 6. The van der Waals surface area contributed by atoms with E-state index >= 15 is 0 Å². The van der Waals surface area contributed by atoms with Crippen LogP contribution in [0.25, 0.3) is 0 Å². The number of anilines is 1. The van der Waals surface area contributed by atoms with Crippen molar-refractivity contribution in [2.75, 3.05) is 11.8 Å². The zero-order valence-corrected chi connectivity index (χ0v) is 14.6. The molecule has 0 bridgehead atoms. The first-order chi connectivity index (χ1) is 12.0. The molecule has 25 heavy (non-hydrogen) atoms. The number of nitrogens with one attached hydrogen (secondary N) is 1. The molecule has 2 aromatic carbocycles. The molecule has 3 rings (SSSR count). The fraction of sp³-hybridized carbons (Fsp3) is 0.176. The second-order valence-electron chi connectivity index (χ2n) is 5.33. The van der Waals surface area contributed by atoms with E-state index in [1.54, 1.807) is 43.3 Å². The van der Waals surface area contributed by atoms with E-state index in [9.17, 15) is 8.42 Å². The third-order valence-corrected chi connectivity index (χ3v) is 4.94. The van der Waals surface area contributed by atoms with Gasteiger partial charge in [-0.25, -0.2) is 8.42 Å². The first-order valence-electron chi connectivity index (χ1n) is 7.52. The van der Waals surface area contributed by atoms with Gasteiger partial charge in [0.2, 0.25) is 5.89 Å². The number of hydrogen-bond acceptors (Lipinski definition) is 6. The van der Waals surface area contributed by atoms with E-state index in [0.717, 1.165) is 5.56 Å². The standard InChI is InChI=1S/C17H17N3O4S/c1-12-18-17(24-19-12)11-13-7-3-4-8-14(13)20-25(21,22)16-10-6-5-9-15(16)23-2/h3-10,20H,11H2,1-2H3. The lowest BCUT2D eigenvalue weighted by molar-refractivity contribution is 0.381. The Morgan fingerprint density at radius 2 is 1.84 bits per heavy atom. The molecule has 0 spiro atoms. The number of ether oxygens (including phenoxy) is 1. The van der Waals surface area contributed by atoms with Crippen LogP contribution in [0.15, 0.2) is 57.9 Å². The van der Waals surface area contributed by atoms with Crippen molar-refractivity contribution in [3.63, 3.8) is 0 Å². The summed E-state index contributed by atoms with van der Waals surface area (Å²) in [5.41, 5.74) is 1.17. The monoisotopic (exact) mass is 359 g/mol. The zero-order chi connectivity index (χ0) is 17.9. The highest BCUT2D eigenvalue weighted by Gasteiger charge is 2.20. The molecule has 0 fully saturated rings. The molecule has 130 valence electrons. The summed E-state index contributed by atoms with van der Waals surface area (Å²) in [7, 11) is -2.38. The lowest BCUT2D eigenvalue weighted by atomic mass is 10.1. The topological polar surface area (TPSA) is 94.3 Å². The molecule has 0 aliphatic heterocycles. The molecular weight excluding hydrogens is 342 g/mol. The van der Waals surface area contributed by atoms with Crippen molar-refractivity contribution in [2.24, 2.45) is 0 Å². The molecule has 1 N–H and O–H groups in total. The van der Waals surface area contributed by atoms with Gasteiger partial charge < -0.3 is 9.26 Å². The van der Waals surface area contributed by atoms with E-state index in [-0.39, 0.29) is 10.6 Å². The van der Waals surface area contributed by atoms with E-state index < -0.39 is 10.0 Å². The largest absolute Gasteiger partial charge is 0.495 e. The van der Waals surface area contributed by atoms with Crippen LogP contribution in [0.1, 0.15) is 17.3 Å². The van der Waals surface area contributed by atoms with Gasteiger partial charge in [0.25, 0.3) is 10.0 Å². The molecule has 0 aliphatic rings. The Balaban J connectivity index is 1.92. The van der Waals surface area contributed by atoms with Gasteiger partial charge in [-0.3, -0.25) is 4.72 Å². The van der Waals surface area contributed by atoms with Crippen LogP contribution >= 0.6 is 0 Å². The van der Waals surface area contributed by atoms with Crippen molar-refractivity contribution in [3.8, 4) is 5.75 Å². The second-order valence-corrected chi connectivity index (χ2v) is 6.98. The van der Waals surface area contributed by atoms with Crippen LogP contribution in [0.4, 0.5) is 5.69 Å². The minimum atomic E-state index is -3.81. The van der Waals surface area contributed by atoms with Crippen molar-refractivity contribution in [1.29, 1.82) is 0 Å². The number of para-hydroxylation sites is 2. The molecule has 0 amide bonds. The molecule has 1 heterocycles.